The largest absolute Gasteiger partial charge is 0.377 e. The highest BCUT2D eigenvalue weighted by Crippen LogP contribution is 2.37. The van der Waals surface area contributed by atoms with Crippen molar-refractivity contribution in [2.24, 2.45) is 0 Å². The third kappa shape index (κ3) is 1.35. The van der Waals surface area contributed by atoms with E-state index in [9.17, 15) is 5.26 Å². The monoisotopic (exact) mass is 252 g/mol. The molecule has 0 saturated carbocycles. The van der Waals surface area contributed by atoms with Gasteiger partial charge >= 0.3 is 0 Å². The predicted octanol–water partition coefficient (Wildman–Crippen LogP) is 2.69. The number of benzene rings is 1. The fraction of sp³-hybridized carbons (Fsp3) is 0.438. The molecular weight excluding hydrogens is 236 g/mol. The van der Waals surface area contributed by atoms with Crippen molar-refractivity contribution in [2.45, 2.75) is 31.7 Å². The van der Waals surface area contributed by atoms with Crippen molar-refractivity contribution in [3.05, 3.63) is 35.0 Å². The molecule has 0 atom stereocenters. The lowest BCUT2D eigenvalue weighted by atomic mass is 9.78. The summed E-state index contributed by atoms with van der Waals surface area (Å²) in [5.74, 6) is 0. The zero-order valence-corrected chi connectivity index (χ0v) is 11.1. The molecule has 3 heterocycles. The third-order valence-corrected chi connectivity index (χ3v) is 4.57. The second-order valence-electron chi connectivity index (χ2n) is 5.80. The average Bonchev–Trinajstić information content (AvgIpc) is 2.68. The average molecular weight is 252 g/mol. The lowest BCUT2D eigenvalue weighted by Gasteiger charge is -2.36. The van der Waals surface area contributed by atoms with Gasteiger partial charge in [0, 0.05) is 17.6 Å². The van der Waals surface area contributed by atoms with Crippen LogP contribution < -0.4 is 0 Å². The highest BCUT2D eigenvalue weighted by Gasteiger charge is 2.41. The summed E-state index contributed by atoms with van der Waals surface area (Å²) in [4.78, 5) is 0. The van der Waals surface area contributed by atoms with E-state index in [1.165, 1.54) is 28.6 Å². The number of nitrogens with zero attached hydrogens (tertiary/aromatic N) is 2. The van der Waals surface area contributed by atoms with Crippen LogP contribution in [0.25, 0.3) is 10.9 Å². The molecule has 3 nitrogen and oxygen atoms in total. The van der Waals surface area contributed by atoms with E-state index in [-0.39, 0.29) is 0 Å². The highest BCUT2D eigenvalue weighted by atomic mass is 16.5. The molecule has 0 bridgehead atoms. The van der Waals surface area contributed by atoms with Crippen molar-refractivity contribution in [3.8, 4) is 6.07 Å². The molecule has 3 heteroatoms. The zero-order valence-electron chi connectivity index (χ0n) is 11.1. The van der Waals surface area contributed by atoms with Crippen LogP contribution in [0, 0.1) is 18.3 Å². The van der Waals surface area contributed by atoms with E-state index in [0.717, 1.165) is 18.5 Å². The molecule has 19 heavy (non-hydrogen) atoms. The predicted molar refractivity (Wildman–Crippen MR) is 73.1 cm³/mol. The Labute approximate surface area is 112 Å². The van der Waals surface area contributed by atoms with Crippen molar-refractivity contribution in [1.29, 1.82) is 5.26 Å². The lowest BCUT2D eigenvalue weighted by Crippen LogP contribution is -2.45. The first kappa shape index (κ1) is 11.1. The quantitative estimate of drug-likeness (QED) is 0.782. The van der Waals surface area contributed by atoms with Gasteiger partial charge < -0.3 is 9.30 Å². The van der Waals surface area contributed by atoms with Crippen LogP contribution in [0.1, 0.15) is 23.2 Å². The first-order chi connectivity index (χ1) is 9.23. The Morgan fingerprint density at radius 2 is 2.16 bits per heavy atom. The Hall–Kier alpha value is -1.79. The maximum Gasteiger partial charge on any atom is 0.129 e. The summed E-state index contributed by atoms with van der Waals surface area (Å²) in [6.07, 6.45) is 2.31. The summed E-state index contributed by atoms with van der Waals surface area (Å²) in [7, 11) is 0. The van der Waals surface area contributed by atoms with Gasteiger partial charge in [0.05, 0.1) is 24.8 Å². The molecule has 2 aliphatic rings. The molecule has 0 unspecified atom stereocenters. The molecule has 96 valence electrons. The number of nitriles is 1. The summed E-state index contributed by atoms with van der Waals surface area (Å²) in [5, 5.41) is 10.7. The van der Waals surface area contributed by atoms with Crippen molar-refractivity contribution < 1.29 is 4.74 Å². The summed E-state index contributed by atoms with van der Waals surface area (Å²) in [6, 6.07) is 9.14. The van der Waals surface area contributed by atoms with E-state index in [1.807, 2.05) is 0 Å². The van der Waals surface area contributed by atoms with Gasteiger partial charge in [-0.1, -0.05) is 6.07 Å². The maximum absolute atomic E-state index is 9.46. The van der Waals surface area contributed by atoms with Gasteiger partial charge in [-0.05, 0) is 43.0 Å². The third-order valence-electron chi connectivity index (χ3n) is 4.57. The van der Waals surface area contributed by atoms with E-state index < -0.39 is 5.41 Å². The van der Waals surface area contributed by atoms with Crippen molar-refractivity contribution in [2.75, 3.05) is 13.2 Å². The van der Waals surface area contributed by atoms with Gasteiger partial charge in [-0.15, -0.1) is 0 Å². The van der Waals surface area contributed by atoms with E-state index in [4.69, 9.17) is 4.74 Å². The Bertz CT molecular complexity index is 716. The summed E-state index contributed by atoms with van der Waals surface area (Å²) in [6.45, 7) is 4.36. The van der Waals surface area contributed by atoms with E-state index in [0.29, 0.717) is 13.2 Å². The number of aromatic nitrogens is 1. The molecule has 1 saturated heterocycles. The van der Waals surface area contributed by atoms with Crippen LogP contribution in [0.4, 0.5) is 0 Å². The molecule has 1 fully saturated rings. The van der Waals surface area contributed by atoms with Crippen LogP contribution in [-0.4, -0.2) is 17.8 Å². The second-order valence-corrected chi connectivity index (χ2v) is 5.80. The molecule has 1 aromatic heterocycles. The molecule has 2 aromatic rings. The van der Waals surface area contributed by atoms with Gasteiger partial charge in [-0.3, -0.25) is 0 Å². The Kier molecular flexibility index (Phi) is 2.11. The normalized spacial score (nSPS) is 20.0. The molecular formula is C16H16N2O. The van der Waals surface area contributed by atoms with Gasteiger partial charge in [-0.25, -0.2) is 0 Å². The van der Waals surface area contributed by atoms with Crippen LogP contribution in [0.5, 0.6) is 0 Å². The minimum atomic E-state index is -0.405. The summed E-state index contributed by atoms with van der Waals surface area (Å²) < 4.78 is 7.70. The Balaban J connectivity index is 1.99. The molecule has 0 radical (unpaired) electrons. The Morgan fingerprint density at radius 1 is 1.32 bits per heavy atom. The zero-order chi connectivity index (χ0) is 13.0. The number of hydrogen-bond donors (Lipinski definition) is 0. The van der Waals surface area contributed by atoms with Crippen LogP contribution >= 0.6 is 0 Å². The SMILES string of the molecule is Cc1cc2cc(C3(C#N)COC3)cc3c2n1CCC3. The van der Waals surface area contributed by atoms with Crippen LogP contribution in [0.2, 0.25) is 0 Å². The van der Waals surface area contributed by atoms with Crippen LogP contribution in [0.3, 0.4) is 0 Å². The van der Waals surface area contributed by atoms with Crippen molar-refractivity contribution in [3.63, 3.8) is 0 Å². The topological polar surface area (TPSA) is 37.9 Å². The van der Waals surface area contributed by atoms with E-state index in [1.54, 1.807) is 0 Å². The number of ether oxygens (including phenoxy) is 1. The minimum absolute atomic E-state index is 0.405. The van der Waals surface area contributed by atoms with Crippen molar-refractivity contribution in [1.82, 2.24) is 4.57 Å². The number of aryl methyl sites for hydroxylation is 3. The van der Waals surface area contributed by atoms with Crippen LogP contribution in [-0.2, 0) is 23.1 Å². The Morgan fingerprint density at radius 3 is 2.84 bits per heavy atom. The van der Waals surface area contributed by atoms with E-state index >= 15 is 0 Å². The standard InChI is InChI=1S/C16H16N2O/c1-11-5-13-7-14(16(8-17)9-19-10-16)6-12-3-2-4-18(11)15(12)13/h5-7H,2-4,9-10H2,1H3. The maximum atomic E-state index is 9.46. The lowest BCUT2D eigenvalue weighted by molar-refractivity contribution is -0.0297. The van der Waals surface area contributed by atoms with Gasteiger partial charge in [-0.2, -0.15) is 5.26 Å². The van der Waals surface area contributed by atoms with Gasteiger partial charge in [0.2, 0.25) is 0 Å². The molecule has 4 rings (SSSR count). The molecule has 0 spiro atoms. The summed E-state index contributed by atoms with van der Waals surface area (Å²) >= 11 is 0. The molecule has 1 aromatic carbocycles. The smallest absolute Gasteiger partial charge is 0.129 e. The number of hydrogen-bond acceptors (Lipinski definition) is 2. The molecule has 0 aliphatic carbocycles. The van der Waals surface area contributed by atoms with Gasteiger partial charge in [0.25, 0.3) is 0 Å². The molecule has 2 aliphatic heterocycles. The van der Waals surface area contributed by atoms with Gasteiger partial charge in [0.15, 0.2) is 0 Å². The van der Waals surface area contributed by atoms with Gasteiger partial charge in [0.1, 0.15) is 5.41 Å². The molecule has 0 N–H and O–H groups in total. The second kappa shape index (κ2) is 3.61. The van der Waals surface area contributed by atoms with Crippen LogP contribution in [0.15, 0.2) is 18.2 Å². The first-order valence-electron chi connectivity index (χ1n) is 6.86. The summed E-state index contributed by atoms with van der Waals surface area (Å²) in [5.41, 5.74) is 4.83. The number of rotatable bonds is 1. The van der Waals surface area contributed by atoms with E-state index in [2.05, 4.69) is 35.8 Å². The minimum Gasteiger partial charge on any atom is -0.377 e. The first-order valence-corrected chi connectivity index (χ1v) is 6.86. The van der Waals surface area contributed by atoms with Crippen molar-refractivity contribution >= 4 is 10.9 Å². The highest BCUT2D eigenvalue weighted by molar-refractivity contribution is 5.86. The fourth-order valence-corrected chi connectivity index (χ4v) is 3.42. The molecule has 0 amide bonds. The fourth-order valence-electron chi connectivity index (χ4n) is 3.42.